The molecule has 1 aromatic heterocycles. The molecule has 1 fully saturated rings. The summed E-state index contributed by atoms with van der Waals surface area (Å²) < 4.78 is 22.8. The number of hydrogen-bond acceptors (Lipinski definition) is 6. The van der Waals surface area contributed by atoms with Gasteiger partial charge in [0.25, 0.3) is 0 Å². The van der Waals surface area contributed by atoms with E-state index in [0.29, 0.717) is 24.5 Å². The summed E-state index contributed by atoms with van der Waals surface area (Å²) >= 11 is 0. The van der Waals surface area contributed by atoms with E-state index in [1.165, 1.54) is 0 Å². The van der Waals surface area contributed by atoms with Crippen molar-refractivity contribution in [2.75, 3.05) is 29.5 Å². The quantitative estimate of drug-likeness (QED) is 0.721. The summed E-state index contributed by atoms with van der Waals surface area (Å²) in [6.07, 6.45) is 0. The number of hydrogen-bond donors (Lipinski definition) is 0. The van der Waals surface area contributed by atoms with Crippen LogP contribution in [0.3, 0.4) is 0 Å². The molecule has 0 atom stereocenters. The van der Waals surface area contributed by atoms with E-state index in [-0.39, 0.29) is 11.5 Å². The van der Waals surface area contributed by atoms with Crippen LogP contribution in [0.1, 0.15) is 16.8 Å². The molecular weight excluding hydrogens is 252 g/mol. The van der Waals surface area contributed by atoms with E-state index in [9.17, 15) is 13.7 Å². The lowest BCUT2D eigenvalue weighted by Crippen LogP contribution is -2.41. The van der Waals surface area contributed by atoms with Gasteiger partial charge in [0.05, 0.1) is 17.2 Å². The predicted molar refractivity (Wildman–Crippen MR) is 67.1 cm³/mol. The molecule has 18 heavy (non-hydrogen) atoms. The third-order valence-corrected chi connectivity index (χ3v) is 4.80. The maximum absolute atomic E-state index is 11.4. The van der Waals surface area contributed by atoms with Crippen LogP contribution in [0, 0.1) is 25.2 Å². The molecule has 0 unspecified atom stereocenters. The van der Waals surface area contributed by atoms with Crippen molar-refractivity contribution in [3.05, 3.63) is 16.8 Å². The number of aryl methyl sites for hydroxylation is 1. The molecule has 96 valence electrons. The highest BCUT2D eigenvalue weighted by molar-refractivity contribution is 7.91. The zero-order chi connectivity index (χ0) is 13.3. The Kier molecular flexibility index (Phi) is 3.22. The van der Waals surface area contributed by atoms with Crippen LogP contribution in [0.4, 0.5) is 5.82 Å². The Hall–Kier alpha value is -1.68. The summed E-state index contributed by atoms with van der Waals surface area (Å²) in [5, 5.41) is 17.2. The van der Waals surface area contributed by atoms with E-state index in [1.807, 2.05) is 11.8 Å². The first kappa shape index (κ1) is 12.8. The summed E-state index contributed by atoms with van der Waals surface area (Å²) in [6, 6.07) is 2.13. The van der Waals surface area contributed by atoms with E-state index in [1.54, 1.807) is 6.92 Å². The van der Waals surface area contributed by atoms with Crippen LogP contribution in [0.15, 0.2) is 0 Å². The van der Waals surface area contributed by atoms with Gasteiger partial charge in [-0.2, -0.15) is 10.4 Å². The molecule has 1 aliphatic heterocycles. The van der Waals surface area contributed by atoms with Gasteiger partial charge in [0.2, 0.25) is 0 Å². The molecule has 2 rings (SSSR count). The third kappa shape index (κ3) is 2.29. The van der Waals surface area contributed by atoms with Gasteiger partial charge in [0.15, 0.2) is 15.7 Å². The molecule has 0 spiro atoms. The minimum Gasteiger partial charge on any atom is -0.352 e. The van der Waals surface area contributed by atoms with E-state index < -0.39 is 9.84 Å². The smallest absolute Gasteiger partial charge is 0.169 e. The van der Waals surface area contributed by atoms with Crippen molar-refractivity contribution in [1.82, 2.24) is 10.2 Å². The van der Waals surface area contributed by atoms with Crippen LogP contribution in [-0.4, -0.2) is 43.2 Å². The Morgan fingerprint density at radius 1 is 1.22 bits per heavy atom. The van der Waals surface area contributed by atoms with Gasteiger partial charge < -0.3 is 4.90 Å². The average Bonchev–Trinajstić information content (AvgIpc) is 2.33. The second-order valence-electron chi connectivity index (χ2n) is 4.36. The average molecular weight is 266 g/mol. The molecule has 6 nitrogen and oxygen atoms in total. The fraction of sp³-hybridized carbons (Fsp3) is 0.545. The zero-order valence-electron chi connectivity index (χ0n) is 10.3. The van der Waals surface area contributed by atoms with E-state index in [4.69, 9.17) is 0 Å². The molecule has 0 N–H and O–H groups in total. The molecular formula is C11H14N4O2S. The van der Waals surface area contributed by atoms with Gasteiger partial charge in [-0.15, -0.1) is 5.10 Å². The minimum absolute atomic E-state index is 0.104. The highest BCUT2D eigenvalue weighted by atomic mass is 32.2. The lowest BCUT2D eigenvalue weighted by molar-refractivity contribution is 0.586. The largest absolute Gasteiger partial charge is 0.352 e. The number of nitriles is 1. The second kappa shape index (κ2) is 4.53. The van der Waals surface area contributed by atoms with E-state index in [2.05, 4.69) is 16.3 Å². The van der Waals surface area contributed by atoms with Crippen molar-refractivity contribution in [3.63, 3.8) is 0 Å². The summed E-state index contributed by atoms with van der Waals surface area (Å²) in [7, 11) is -2.93. The van der Waals surface area contributed by atoms with Gasteiger partial charge in [-0.3, -0.25) is 0 Å². The van der Waals surface area contributed by atoms with Crippen LogP contribution >= 0.6 is 0 Å². The van der Waals surface area contributed by atoms with Crippen molar-refractivity contribution in [2.45, 2.75) is 13.8 Å². The van der Waals surface area contributed by atoms with Crippen molar-refractivity contribution in [1.29, 1.82) is 5.26 Å². The molecule has 1 aromatic rings. The lowest BCUT2D eigenvalue weighted by Gasteiger charge is -2.28. The van der Waals surface area contributed by atoms with Crippen molar-refractivity contribution >= 4 is 15.7 Å². The first-order valence-corrected chi connectivity index (χ1v) is 7.46. The third-order valence-electron chi connectivity index (χ3n) is 3.19. The molecule has 7 heteroatoms. The van der Waals surface area contributed by atoms with Gasteiger partial charge in [-0.05, 0) is 19.4 Å². The fourth-order valence-corrected chi connectivity index (χ4v) is 3.08. The van der Waals surface area contributed by atoms with Gasteiger partial charge in [0, 0.05) is 13.1 Å². The minimum atomic E-state index is -2.93. The van der Waals surface area contributed by atoms with Crippen LogP contribution in [-0.2, 0) is 9.84 Å². The SMILES string of the molecule is Cc1nnc(N2CCS(=O)(=O)CC2)c(C#N)c1C. The Bertz CT molecular complexity index is 605. The molecule has 1 saturated heterocycles. The number of sulfone groups is 1. The predicted octanol–water partition coefficient (Wildman–Crippen LogP) is 0.200. The van der Waals surface area contributed by atoms with Crippen LogP contribution in [0.25, 0.3) is 0 Å². The molecule has 0 bridgehead atoms. The van der Waals surface area contributed by atoms with Gasteiger partial charge in [-0.25, -0.2) is 8.42 Å². The normalized spacial score (nSPS) is 18.4. The summed E-state index contributed by atoms with van der Waals surface area (Å²) in [4.78, 5) is 1.82. The number of anilines is 1. The zero-order valence-corrected chi connectivity index (χ0v) is 11.2. The Morgan fingerprint density at radius 2 is 1.83 bits per heavy atom. The summed E-state index contributed by atoms with van der Waals surface area (Å²) in [6.45, 7) is 4.36. The first-order valence-electron chi connectivity index (χ1n) is 5.64. The summed E-state index contributed by atoms with van der Waals surface area (Å²) in [5.74, 6) is 0.703. The Morgan fingerprint density at radius 3 is 2.39 bits per heavy atom. The molecule has 0 aromatic carbocycles. The van der Waals surface area contributed by atoms with Crippen LogP contribution in [0.2, 0.25) is 0 Å². The molecule has 0 aliphatic carbocycles. The molecule has 0 amide bonds. The number of rotatable bonds is 1. The van der Waals surface area contributed by atoms with E-state index in [0.717, 1.165) is 11.3 Å². The standard InChI is InChI=1S/C11H14N4O2S/c1-8-9(2)13-14-11(10(8)7-12)15-3-5-18(16,17)6-4-15/h3-6H2,1-2H3. The highest BCUT2D eigenvalue weighted by Gasteiger charge is 2.25. The van der Waals surface area contributed by atoms with Gasteiger partial charge in [0.1, 0.15) is 11.6 Å². The maximum atomic E-state index is 11.4. The van der Waals surface area contributed by atoms with Gasteiger partial charge in [-0.1, -0.05) is 0 Å². The van der Waals surface area contributed by atoms with Crippen LogP contribution in [0.5, 0.6) is 0 Å². The molecule has 2 heterocycles. The highest BCUT2D eigenvalue weighted by Crippen LogP contribution is 2.22. The summed E-state index contributed by atoms with van der Waals surface area (Å²) in [5.41, 5.74) is 2.01. The molecule has 0 radical (unpaired) electrons. The van der Waals surface area contributed by atoms with Gasteiger partial charge >= 0.3 is 0 Å². The Balaban J connectivity index is 2.36. The molecule has 0 saturated carbocycles. The first-order chi connectivity index (χ1) is 8.44. The fourth-order valence-electron chi connectivity index (χ4n) is 1.88. The topological polar surface area (TPSA) is 87.0 Å². The van der Waals surface area contributed by atoms with Crippen molar-refractivity contribution < 1.29 is 8.42 Å². The Labute approximate surface area is 106 Å². The van der Waals surface area contributed by atoms with Crippen LogP contribution < -0.4 is 4.90 Å². The second-order valence-corrected chi connectivity index (χ2v) is 6.66. The maximum Gasteiger partial charge on any atom is 0.169 e. The molecule has 1 aliphatic rings. The number of nitrogens with zero attached hydrogens (tertiary/aromatic N) is 4. The lowest BCUT2D eigenvalue weighted by atomic mass is 10.1. The monoisotopic (exact) mass is 266 g/mol. The number of aromatic nitrogens is 2. The van der Waals surface area contributed by atoms with Crippen molar-refractivity contribution in [2.24, 2.45) is 0 Å². The van der Waals surface area contributed by atoms with Crippen molar-refractivity contribution in [3.8, 4) is 6.07 Å². The van der Waals surface area contributed by atoms with E-state index >= 15 is 0 Å².